The zero-order valence-corrected chi connectivity index (χ0v) is 14.2. The molecule has 1 N–H and O–H groups in total. The lowest BCUT2D eigenvalue weighted by Gasteiger charge is -2.32. The molecule has 1 aromatic rings. The predicted molar refractivity (Wildman–Crippen MR) is 90.8 cm³/mol. The SMILES string of the molecule is CCCCN1CCC(NCc2ccc(OC)c(OC)c2)CC1. The second-order valence-corrected chi connectivity index (χ2v) is 6.04. The molecule has 0 bridgehead atoms. The largest absolute Gasteiger partial charge is 0.493 e. The summed E-state index contributed by atoms with van der Waals surface area (Å²) >= 11 is 0. The van der Waals surface area contributed by atoms with Crippen molar-refractivity contribution in [2.45, 2.75) is 45.2 Å². The number of ether oxygens (including phenoxy) is 2. The maximum Gasteiger partial charge on any atom is 0.161 e. The van der Waals surface area contributed by atoms with Gasteiger partial charge >= 0.3 is 0 Å². The van der Waals surface area contributed by atoms with E-state index in [0.29, 0.717) is 6.04 Å². The number of hydrogen-bond acceptors (Lipinski definition) is 4. The molecule has 0 aliphatic carbocycles. The number of hydrogen-bond donors (Lipinski definition) is 1. The van der Waals surface area contributed by atoms with Gasteiger partial charge in [-0.05, 0) is 56.6 Å². The van der Waals surface area contributed by atoms with Crippen molar-refractivity contribution in [2.75, 3.05) is 33.9 Å². The predicted octanol–water partition coefficient (Wildman–Crippen LogP) is 3.06. The fraction of sp³-hybridized carbons (Fsp3) is 0.667. The van der Waals surface area contributed by atoms with Gasteiger partial charge in [-0.15, -0.1) is 0 Å². The zero-order valence-electron chi connectivity index (χ0n) is 14.2. The summed E-state index contributed by atoms with van der Waals surface area (Å²) in [5, 5.41) is 3.68. The summed E-state index contributed by atoms with van der Waals surface area (Å²) in [6, 6.07) is 6.77. The number of likely N-dealkylation sites (tertiary alicyclic amines) is 1. The summed E-state index contributed by atoms with van der Waals surface area (Å²) in [5.41, 5.74) is 1.24. The van der Waals surface area contributed by atoms with E-state index in [-0.39, 0.29) is 0 Å². The van der Waals surface area contributed by atoms with Crippen molar-refractivity contribution in [1.29, 1.82) is 0 Å². The lowest BCUT2D eigenvalue weighted by Crippen LogP contribution is -2.42. The van der Waals surface area contributed by atoms with Gasteiger partial charge in [-0.2, -0.15) is 0 Å². The molecular weight excluding hydrogens is 276 g/mol. The lowest BCUT2D eigenvalue weighted by atomic mass is 10.0. The first-order valence-electron chi connectivity index (χ1n) is 8.43. The minimum atomic E-state index is 0.631. The van der Waals surface area contributed by atoms with Crippen molar-refractivity contribution >= 4 is 0 Å². The van der Waals surface area contributed by atoms with Crippen LogP contribution in [0.1, 0.15) is 38.2 Å². The van der Waals surface area contributed by atoms with Crippen LogP contribution < -0.4 is 14.8 Å². The van der Waals surface area contributed by atoms with Crippen LogP contribution in [0, 0.1) is 0 Å². The van der Waals surface area contributed by atoms with Crippen LogP contribution in [0.3, 0.4) is 0 Å². The molecule has 1 heterocycles. The second kappa shape index (κ2) is 9.01. The van der Waals surface area contributed by atoms with E-state index in [4.69, 9.17) is 9.47 Å². The Kier molecular flexibility index (Phi) is 7.00. The monoisotopic (exact) mass is 306 g/mol. The van der Waals surface area contributed by atoms with Gasteiger partial charge in [0.2, 0.25) is 0 Å². The van der Waals surface area contributed by atoms with Gasteiger partial charge in [0.25, 0.3) is 0 Å². The molecule has 1 aromatic carbocycles. The summed E-state index contributed by atoms with van der Waals surface area (Å²) in [6.45, 7) is 6.86. The van der Waals surface area contributed by atoms with Crippen molar-refractivity contribution < 1.29 is 9.47 Å². The van der Waals surface area contributed by atoms with Crippen LogP contribution in [0.4, 0.5) is 0 Å². The molecule has 0 aromatic heterocycles. The molecule has 0 spiro atoms. The molecule has 1 fully saturated rings. The third-order valence-electron chi connectivity index (χ3n) is 4.46. The van der Waals surface area contributed by atoms with Gasteiger partial charge in [-0.1, -0.05) is 19.4 Å². The third-order valence-corrected chi connectivity index (χ3v) is 4.46. The first-order chi connectivity index (χ1) is 10.8. The van der Waals surface area contributed by atoms with E-state index in [1.165, 1.54) is 50.9 Å². The van der Waals surface area contributed by atoms with Crippen LogP contribution in [0.2, 0.25) is 0 Å². The fourth-order valence-corrected chi connectivity index (χ4v) is 3.00. The quantitative estimate of drug-likeness (QED) is 0.800. The fourth-order valence-electron chi connectivity index (χ4n) is 3.00. The first kappa shape index (κ1) is 17.1. The number of benzene rings is 1. The number of nitrogens with one attached hydrogen (secondary N) is 1. The minimum Gasteiger partial charge on any atom is -0.493 e. The number of piperidine rings is 1. The Labute approximate surface area is 134 Å². The highest BCUT2D eigenvalue weighted by atomic mass is 16.5. The Morgan fingerprint density at radius 2 is 1.86 bits per heavy atom. The van der Waals surface area contributed by atoms with Gasteiger partial charge in [0.15, 0.2) is 11.5 Å². The van der Waals surface area contributed by atoms with Gasteiger partial charge in [0.1, 0.15) is 0 Å². The van der Waals surface area contributed by atoms with Crippen molar-refractivity contribution in [3.63, 3.8) is 0 Å². The van der Waals surface area contributed by atoms with E-state index in [2.05, 4.69) is 29.3 Å². The van der Waals surface area contributed by atoms with E-state index in [9.17, 15) is 0 Å². The van der Waals surface area contributed by atoms with Crippen LogP contribution in [-0.2, 0) is 6.54 Å². The summed E-state index contributed by atoms with van der Waals surface area (Å²) in [6.07, 6.45) is 5.11. The molecule has 0 atom stereocenters. The van der Waals surface area contributed by atoms with Crippen LogP contribution in [0.5, 0.6) is 11.5 Å². The van der Waals surface area contributed by atoms with Crippen molar-refractivity contribution in [3.8, 4) is 11.5 Å². The smallest absolute Gasteiger partial charge is 0.161 e. The summed E-state index contributed by atoms with van der Waals surface area (Å²) < 4.78 is 10.6. The normalized spacial score (nSPS) is 16.7. The molecule has 4 heteroatoms. The van der Waals surface area contributed by atoms with Crippen LogP contribution in [-0.4, -0.2) is 44.8 Å². The Balaban J connectivity index is 1.77. The molecule has 1 saturated heterocycles. The number of unbranched alkanes of at least 4 members (excludes halogenated alkanes) is 1. The number of methoxy groups -OCH3 is 2. The average Bonchev–Trinajstić information content (AvgIpc) is 2.58. The van der Waals surface area contributed by atoms with Crippen LogP contribution in [0.25, 0.3) is 0 Å². The first-order valence-corrected chi connectivity index (χ1v) is 8.43. The molecular formula is C18H30N2O2. The Bertz CT molecular complexity index is 443. The molecule has 4 nitrogen and oxygen atoms in total. The highest BCUT2D eigenvalue weighted by Crippen LogP contribution is 2.27. The molecule has 2 rings (SSSR count). The minimum absolute atomic E-state index is 0.631. The molecule has 0 amide bonds. The van der Waals surface area contributed by atoms with Gasteiger partial charge in [-0.25, -0.2) is 0 Å². The summed E-state index contributed by atoms with van der Waals surface area (Å²) in [7, 11) is 3.35. The van der Waals surface area contributed by atoms with E-state index < -0.39 is 0 Å². The van der Waals surface area contributed by atoms with Gasteiger partial charge in [0, 0.05) is 12.6 Å². The summed E-state index contributed by atoms with van der Waals surface area (Å²) in [5.74, 6) is 1.59. The number of rotatable bonds is 8. The molecule has 22 heavy (non-hydrogen) atoms. The van der Waals surface area contributed by atoms with Crippen LogP contribution >= 0.6 is 0 Å². The molecule has 0 saturated carbocycles. The standard InChI is InChI=1S/C18H30N2O2/c1-4-5-10-20-11-8-16(9-12-20)19-14-15-6-7-17(21-2)18(13-15)22-3/h6-7,13,16,19H,4-5,8-12,14H2,1-3H3. The molecule has 1 aliphatic heterocycles. The molecule has 1 aliphatic rings. The maximum atomic E-state index is 5.36. The summed E-state index contributed by atoms with van der Waals surface area (Å²) in [4.78, 5) is 2.60. The Morgan fingerprint density at radius 1 is 1.14 bits per heavy atom. The third kappa shape index (κ3) is 4.89. The lowest BCUT2D eigenvalue weighted by molar-refractivity contribution is 0.195. The van der Waals surface area contributed by atoms with E-state index >= 15 is 0 Å². The van der Waals surface area contributed by atoms with Gasteiger partial charge in [-0.3, -0.25) is 0 Å². The number of nitrogens with zero attached hydrogens (tertiary/aromatic N) is 1. The van der Waals surface area contributed by atoms with Crippen molar-refractivity contribution in [3.05, 3.63) is 23.8 Å². The Hall–Kier alpha value is -1.26. The zero-order chi connectivity index (χ0) is 15.8. The van der Waals surface area contributed by atoms with Gasteiger partial charge in [0.05, 0.1) is 14.2 Å². The molecule has 0 unspecified atom stereocenters. The highest BCUT2D eigenvalue weighted by molar-refractivity contribution is 5.42. The average molecular weight is 306 g/mol. The van der Waals surface area contributed by atoms with E-state index in [0.717, 1.165) is 18.0 Å². The molecule has 0 radical (unpaired) electrons. The highest BCUT2D eigenvalue weighted by Gasteiger charge is 2.18. The van der Waals surface area contributed by atoms with Crippen molar-refractivity contribution in [1.82, 2.24) is 10.2 Å². The maximum absolute atomic E-state index is 5.36. The van der Waals surface area contributed by atoms with Gasteiger partial charge < -0.3 is 19.7 Å². The molecule has 124 valence electrons. The second-order valence-electron chi connectivity index (χ2n) is 6.04. The van der Waals surface area contributed by atoms with E-state index in [1.807, 2.05) is 6.07 Å². The Morgan fingerprint density at radius 3 is 2.50 bits per heavy atom. The van der Waals surface area contributed by atoms with Crippen molar-refractivity contribution in [2.24, 2.45) is 0 Å². The van der Waals surface area contributed by atoms with Crippen LogP contribution in [0.15, 0.2) is 18.2 Å². The van der Waals surface area contributed by atoms with E-state index in [1.54, 1.807) is 14.2 Å². The topological polar surface area (TPSA) is 33.7 Å².